The Labute approximate surface area is 229 Å². The van der Waals surface area contributed by atoms with Gasteiger partial charge in [-0.2, -0.15) is 4.99 Å². The van der Waals surface area contributed by atoms with Crippen molar-refractivity contribution in [3.05, 3.63) is 83.1 Å². The van der Waals surface area contributed by atoms with Gasteiger partial charge in [0.15, 0.2) is 5.70 Å². The van der Waals surface area contributed by atoms with Gasteiger partial charge in [-0.3, -0.25) is 14.6 Å². The second kappa shape index (κ2) is 11.2. The van der Waals surface area contributed by atoms with Gasteiger partial charge in [0.25, 0.3) is 11.8 Å². The lowest BCUT2D eigenvalue weighted by atomic mass is 9.98. The summed E-state index contributed by atoms with van der Waals surface area (Å²) < 4.78 is 0.344. The van der Waals surface area contributed by atoms with Crippen LogP contribution in [0, 0.1) is 11.8 Å². The fourth-order valence-electron chi connectivity index (χ4n) is 5.41. The molecular formula is C31H33N6O2+. The van der Waals surface area contributed by atoms with Crippen molar-refractivity contribution in [3.63, 3.8) is 0 Å². The topological polar surface area (TPSA) is 87.0 Å². The molecule has 0 radical (unpaired) electrons. The molecule has 3 aliphatic heterocycles. The Morgan fingerprint density at radius 3 is 2.77 bits per heavy atom. The summed E-state index contributed by atoms with van der Waals surface area (Å²) in [4.78, 5) is 41.4. The van der Waals surface area contributed by atoms with Crippen molar-refractivity contribution in [2.75, 3.05) is 18.9 Å². The molecule has 2 aromatic rings. The lowest BCUT2D eigenvalue weighted by Gasteiger charge is -2.34. The number of nitrogens with zero attached hydrogens (tertiary/aromatic N) is 5. The summed E-state index contributed by atoms with van der Waals surface area (Å²) in [5.41, 5.74) is 4.38. The SMILES string of the molecule is CC#CC(=O)N1CCCCC1C1=C2C=NC=C[N+]2(C)C(c2ccc(C(=O)Nc3cc(CCC)ccn3)cc2)=N1. The van der Waals surface area contributed by atoms with Gasteiger partial charge in [-0.25, -0.2) is 9.47 Å². The van der Waals surface area contributed by atoms with Gasteiger partial charge in [-0.05, 0) is 80.5 Å². The van der Waals surface area contributed by atoms with Gasteiger partial charge in [0.05, 0.1) is 31.1 Å². The molecule has 1 N–H and O–H groups in total. The summed E-state index contributed by atoms with van der Waals surface area (Å²) in [5, 5.41) is 2.91. The van der Waals surface area contributed by atoms with Crippen LogP contribution in [0.25, 0.3) is 0 Å². The average molecular weight is 522 g/mol. The van der Waals surface area contributed by atoms with Crippen LogP contribution in [0.4, 0.5) is 5.82 Å². The molecule has 198 valence electrons. The molecule has 8 heteroatoms. The number of piperidine rings is 1. The molecule has 1 fully saturated rings. The summed E-state index contributed by atoms with van der Waals surface area (Å²) in [6.07, 6.45) is 12.1. The molecule has 2 amide bonds. The highest BCUT2D eigenvalue weighted by Gasteiger charge is 2.46. The number of pyridine rings is 1. The number of benzene rings is 1. The van der Waals surface area contributed by atoms with Crippen LogP contribution in [0.15, 0.2) is 76.4 Å². The van der Waals surface area contributed by atoms with Crippen LogP contribution >= 0.6 is 0 Å². The van der Waals surface area contributed by atoms with Crippen molar-refractivity contribution in [2.45, 2.75) is 52.0 Å². The zero-order chi connectivity index (χ0) is 27.4. The highest BCUT2D eigenvalue weighted by molar-refractivity contribution is 6.05. The van der Waals surface area contributed by atoms with Crippen molar-refractivity contribution in [1.29, 1.82) is 0 Å². The number of nitrogens with one attached hydrogen (secondary N) is 1. The molecule has 8 nitrogen and oxygen atoms in total. The third-order valence-corrected chi connectivity index (χ3v) is 7.40. The van der Waals surface area contributed by atoms with Crippen molar-refractivity contribution in [2.24, 2.45) is 9.98 Å². The standard InChI is InChI=1S/C31H32N6O2/c1-4-8-22-15-16-33-27(20-22)34-31(39)24-13-11-23(12-14-24)30-35-29(26-21-32-17-19-37(26,30)3)25-10-6-7-18-36(25)28(38)9-5-2/h11-17,19-21,25H,4,6-8,10,18H2,1-3H3/p+1. The quantitative estimate of drug-likeness (QED) is 0.443. The molecule has 39 heavy (non-hydrogen) atoms. The molecule has 5 rings (SSSR count). The Balaban J connectivity index is 1.42. The number of hydrogen-bond acceptors (Lipinski definition) is 5. The highest BCUT2D eigenvalue weighted by Crippen LogP contribution is 2.37. The number of allylic oxidation sites excluding steroid dienone is 1. The minimum absolute atomic E-state index is 0.156. The Hall–Kier alpha value is -4.35. The molecule has 0 bridgehead atoms. The number of aromatic nitrogens is 1. The largest absolute Gasteiger partial charge is 0.323 e. The van der Waals surface area contributed by atoms with E-state index in [0.29, 0.717) is 22.4 Å². The third-order valence-electron chi connectivity index (χ3n) is 7.40. The summed E-state index contributed by atoms with van der Waals surface area (Å²) in [6.45, 7) is 4.47. The van der Waals surface area contributed by atoms with E-state index in [0.717, 1.165) is 60.5 Å². The van der Waals surface area contributed by atoms with Crippen LogP contribution in [0.2, 0.25) is 0 Å². The molecule has 4 heterocycles. The van der Waals surface area contributed by atoms with Crippen molar-refractivity contribution in [1.82, 2.24) is 9.88 Å². The van der Waals surface area contributed by atoms with Gasteiger partial charge in [0.1, 0.15) is 17.7 Å². The maximum absolute atomic E-state index is 12.9. The van der Waals surface area contributed by atoms with E-state index in [1.165, 1.54) is 0 Å². The van der Waals surface area contributed by atoms with Crippen molar-refractivity contribution >= 4 is 29.7 Å². The lowest BCUT2D eigenvalue weighted by Crippen LogP contribution is -2.46. The third kappa shape index (κ3) is 5.18. The zero-order valence-electron chi connectivity index (χ0n) is 22.6. The van der Waals surface area contributed by atoms with E-state index in [2.05, 4.69) is 41.1 Å². The fourth-order valence-corrected chi connectivity index (χ4v) is 5.41. The van der Waals surface area contributed by atoms with Crippen molar-refractivity contribution in [3.8, 4) is 11.8 Å². The Kier molecular flexibility index (Phi) is 7.53. The molecule has 0 spiro atoms. The van der Waals surface area contributed by atoms with E-state index < -0.39 is 0 Å². The minimum atomic E-state index is -0.214. The van der Waals surface area contributed by atoms with E-state index in [4.69, 9.17) is 4.99 Å². The molecule has 1 aromatic heterocycles. The summed E-state index contributed by atoms with van der Waals surface area (Å²) >= 11 is 0. The molecule has 3 aliphatic rings. The smallest absolute Gasteiger partial charge is 0.299 e. The number of quaternary nitrogens is 1. The molecule has 1 saturated heterocycles. The van der Waals surface area contributed by atoms with Crippen LogP contribution in [0.5, 0.6) is 0 Å². The fraction of sp³-hybridized carbons (Fsp3) is 0.323. The van der Waals surface area contributed by atoms with E-state index in [1.807, 2.05) is 53.7 Å². The van der Waals surface area contributed by atoms with E-state index >= 15 is 0 Å². The van der Waals surface area contributed by atoms with Gasteiger partial charge in [-0.15, -0.1) is 0 Å². The first-order chi connectivity index (χ1) is 18.9. The monoisotopic (exact) mass is 521 g/mol. The normalized spacial score (nSPS) is 21.7. The van der Waals surface area contributed by atoms with Gasteiger partial charge >= 0.3 is 0 Å². The molecule has 1 aromatic carbocycles. The van der Waals surface area contributed by atoms with Crippen LogP contribution < -0.4 is 5.32 Å². The summed E-state index contributed by atoms with van der Waals surface area (Å²) in [7, 11) is 2.07. The Morgan fingerprint density at radius 1 is 1.18 bits per heavy atom. The van der Waals surface area contributed by atoms with E-state index in [9.17, 15) is 9.59 Å². The van der Waals surface area contributed by atoms with Gasteiger partial charge in [0, 0.05) is 18.3 Å². The minimum Gasteiger partial charge on any atom is -0.323 e. The Morgan fingerprint density at radius 2 is 2.00 bits per heavy atom. The summed E-state index contributed by atoms with van der Waals surface area (Å²) in [5.74, 6) is 6.44. The second-order valence-electron chi connectivity index (χ2n) is 10.1. The molecule has 2 atom stereocenters. The van der Waals surface area contributed by atoms with Crippen molar-refractivity contribution < 1.29 is 14.1 Å². The van der Waals surface area contributed by atoms with Gasteiger partial charge < -0.3 is 10.2 Å². The highest BCUT2D eigenvalue weighted by atomic mass is 16.2. The number of amides is 2. The number of rotatable bonds is 6. The number of aryl methyl sites for hydroxylation is 1. The molecular weight excluding hydrogens is 488 g/mol. The zero-order valence-corrected chi connectivity index (χ0v) is 22.6. The molecule has 2 unspecified atom stereocenters. The number of carbonyl (C=O) groups excluding carboxylic acids is 2. The first kappa shape index (κ1) is 26.3. The van der Waals surface area contributed by atoms with Crippen LogP contribution in [-0.2, 0) is 11.2 Å². The number of likely N-dealkylation sites (tertiary alicyclic amines) is 1. The number of hydrogen-bond donors (Lipinski definition) is 1. The molecule has 0 saturated carbocycles. The molecule has 0 aliphatic carbocycles. The van der Waals surface area contributed by atoms with Crippen LogP contribution in [0.1, 0.15) is 61.0 Å². The number of anilines is 1. The number of aliphatic imine (C=N–C) groups is 2. The predicted octanol–water partition coefficient (Wildman–Crippen LogP) is 4.66. The number of amidine groups is 1. The maximum atomic E-state index is 12.9. The first-order valence-corrected chi connectivity index (χ1v) is 13.5. The van der Waals surface area contributed by atoms with Gasteiger partial charge in [0.2, 0.25) is 5.84 Å². The average Bonchev–Trinajstić information content (AvgIpc) is 3.26. The first-order valence-electron chi connectivity index (χ1n) is 13.5. The number of carbonyl (C=O) groups is 2. The van der Waals surface area contributed by atoms with E-state index in [-0.39, 0.29) is 17.9 Å². The van der Waals surface area contributed by atoms with Gasteiger partial charge in [-0.1, -0.05) is 19.3 Å². The maximum Gasteiger partial charge on any atom is 0.299 e. The van der Waals surface area contributed by atoms with Crippen LogP contribution in [-0.4, -0.2) is 57.9 Å². The summed E-state index contributed by atoms with van der Waals surface area (Å²) in [6, 6.07) is 11.2. The number of fused-ring (bicyclic) bond motifs is 1. The lowest BCUT2D eigenvalue weighted by molar-refractivity contribution is -0.713. The van der Waals surface area contributed by atoms with Crippen LogP contribution in [0.3, 0.4) is 0 Å². The predicted molar refractivity (Wildman–Crippen MR) is 153 cm³/mol. The second-order valence-corrected chi connectivity index (χ2v) is 10.1. The van der Waals surface area contributed by atoms with E-state index in [1.54, 1.807) is 19.3 Å². The Bertz CT molecular complexity index is 1470.